The Balaban J connectivity index is 2.35. The fourth-order valence-corrected chi connectivity index (χ4v) is 2.72. The minimum atomic E-state index is -0.800. The van der Waals surface area contributed by atoms with Crippen LogP contribution in [-0.2, 0) is 24.7 Å². The van der Waals surface area contributed by atoms with Crippen molar-refractivity contribution in [2.45, 2.75) is 38.0 Å². The Morgan fingerprint density at radius 2 is 2.24 bits per heavy atom. The molecule has 1 aromatic heterocycles. The van der Waals surface area contributed by atoms with Crippen LogP contribution in [0.2, 0.25) is 0 Å². The number of fused-ring (bicyclic) bond motifs is 1. The molecule has 0 bridgehead atoms. The number of nitrogens with zero attached hydrogens (tertiary/aromatic N) is 2. The molecule has 94 valence electrons. The molecule has 0 aliphatic heterocycles. The van der Waals surface area contributed by atoms with Crippen molar-refractivity contribution in [1.29, 1.82) is 0 Å². The summed E-state index contributed by atoms with van der Waals surface area (Å²) in [5.41, 5.74) is 9.12. The van der Waals surface area contributed by atoms with E-state index in [0.717, 1.165) is 30.7 Å². The monoisotopic (exact) mass is 237 g/mol. The van der Waals surface area contributed by atoms with Crippen LogP contribution >= 0.6 is 0 Å². The third-order valence-corrected chi connectivity index (χ3v) is 3.46. The van der Waals surface area contributed by atoms with Gasteiger partial charge in [-0.3, -0.25) is 9.48 Å². The molecule has 0 saturated heterocycles. The Labute approximate surface area is 101 Å². The average Bonchev–Trinajstić information content (AvgIpc) is 2.62. The van der Waals surface area contributed by atoms with Gasteiger partial charge in [-0.2, -0.15) is 5.10 Å². The Kier molecular flexibility index (Phi) is 3.47. The molecular weight excluding hydrogens is 218 g/mol. The highest BCUT2D eigenvalue weighted by Gasteiger charge is 2.25. The molecular formula is C12H19N3O2. The van der Waals surface area contributed by atoms with Crippen molar-refractivity contribution in [1.82, 2.24) is 9.78 Å². The van der Waals surface area contributed by atoms with Gasteiger partial charge in [0, 0.05) is 25.2 Å². The third kappa shape index (κ3) is 2.34. The van der Waals surface area contributed by atoms with Crippen molar-refractivity contribution in [2.75, 3.05) is 6.54 Å². The number of carboxylic acids is 1. The van der Waals surface area contributed by atoms with E-state index >= 15 is 0 Å². The van der Waals surface area contributed by atoms with Gasteiger partial charge in [0.25, 0.3) is 0 Å². The molecule has 1 aliphatic carbocycles. The number of nitrogens with two attached hydrogens (primary N) is 1. The smallest absolute Gasteiger partial charge is 0.304 e. The van der Waals surface area contributed by atoms with E-state index in [2.05, 4.69) is 5.10 Å². The molecule has 1 atom stereocenters. The molecule has 0 saturated carbocycles. The quantitative estimate of drug-likeness (QED) is 0.812. The van der Waals surface area contributed by atoms with Crippen molar-refractivity contribution >= 4 is 5.97 Å². The fraction of sp³-hybridized carbons (Fsp3) is 0.667. The van der Waals surface area contributed by atoms with Crippen molar-refractivity contribution in [3.05, 3.63) is 17.0 Å². The van der Waals surface area contributed by atoms with Gasteiger partial charge in [-0.25, -0.2) is 0 Å². The number of hydrogen-bond acceptors (Lipinski definition) is 3. The lowest BCUT2D eigenvalue weighted by atomic mass is 9.90. The topological polar surface area (TPSA) is 81.1 Å². The molecule has 2 rings (SSSR count). The minimum absolute atomic E-state index is 0.0858. The minimum Gasteiger partial charge on any atom is -0.481 e. The highest BCUT2D eigenvalue weighted by molar-refractivity contribution is 5.68. The Bertz CT molecular complexity index is 426. The summed E-state index contributed by atoms with van der Waals surface area (Å²) in [5, 5.41) is 13.4. The van der Waals surface area contributed by atoms with Crippen LogP contribution in [0.15, 0.2) is 0 Å². The van der Waals surface area contributed by atoms with Crippen molar-refractivity contribution in [2.24, 2.45) is 12.8 Å². The molecule has 0 fully saturated rings. The number of aliphatic carboxylic acids is 1. The first-order valence-electron chi connectivity index (χ1n) is 6.10. The number of hydrogen-bond donors (Lipinski definition) is 2. The predicted octanol–water partition coefficient (Wildman–Crippen LogP) is 0.816. The molecule has 0 amide bonds. The van der Waals surface area contributed by atoms with E-state index in [0.29, 0.717) is 6.54 Å². The molecule has 0 aromatic carbocycles. The maximum Gasteiger partial charge on any atom is 0.304 e. The molecule has 17 heavy (non-hydrogen) atoms. The van der Waals surface area contributed by atoms with Crippen molar-refractivity contribution in [3.63, 3.8) is 0 Å². The number of carbonyl (C=O) groups is 1. The zero-order valence-corrected chi connectivity index (χ0v) is 10.1. The van der Waals surface area contributed by atoms with Crippen LogP contribution in [0.5, 0.6) is 0 Å². The van der Waals surface area contributed by atoms with E-state index in [4.69, 9.17) is 10.8 Å². The molecule has 3 N–H and O–H groups in total. The number of carboxylic acid groups (broad SMARTS) is 1. The largest absolute Gasteiger partial charge is 0.481 e. The van der Waals surface area contributed by atoms with Gasteiger partial charge in [0.1, 0.15) is 0 Å². The number of aromatic nitrogens is 2. The van der Waals surface area contributed by atoms with Gasteiger partial charge in [0.05, 0.1) is 12.1 Å². The summed E-state index contributed by atoms with van der Waals surface area (Å²) in [6.45, 7) is 0.359. The van der Waals surface area contributed by atoms with Crippen LogP contribution in [0.3, 0.4) is 0 Å². The first kappa shape index (κ1) is 12.1. The summed E-state index contributed by atoms with van der Waals surface area (Å²) in [4.78, 5) is 10.9. The van der Waals surface area contributed by atoms with Gasteiger partial charge >= 0.3 is 5.97 Å². The van der Waals surface area contributed by atoms with Gasteiger partial charge < -0.3 is 10.8 Å². The summed E-state index contributed by atoms with van der Waals surface area (Å²) in [6, 6.07) is 0. The van der Waals surface area contributed by atoms with E-state index < -0.39 is 5.97 Å². The highest BCUT2D eigenvalue weighted by atomic mass is 16.4. The zero-order chi connectivity index (χ0) is 12.4. The maximum atomic E-state index is 10.9. The van der Waals surface area contributed by atoms with Gasteiger partial charge in [-0.1, -0.05) is 0 Å². The third-order valence-electron chi connectivity index (χ3n) is 3.46. The molecule has 0 radical (unpaired) electrons. The Hall–Kier alpha value is -1.36. The number of aryl methyl sites for hydroxylation is 2. The van der Waals surface area contributed by atoms with Gasteiger partial charge in [0.2, 0.25) is 0 Å². The number of rotatable bonds is 4. The summed E-state index contributed by atoms with van der Waals surface area (Å²) < 4.78 is 1.83. The van der Waals surface area contributed by atoms with Crippen LogP contribution < -0.4 is 5.73 Å². The normalized spacial score (nSPS) is 16.6. The SMILES string of the molecule is Cn1nc2c(c1C(CN)CC(=O)O)CCCC2. The fourth-order valence-electron chi connectivity index (χ4n) is 2.72. The molecule has 5 heteroatoms. The Morgan fingerprint density at radius 1 is 1.53 bits per heavy atom. The molecule has 0 spiro atoms. The van der Waals surface area contributed by atoms with Crippen LogP contribution in [0.1, 0.15) is 42.1 Å². The lowest BCUT2D eigenvalue weighted by Crippen LogP contribution is -2.20. The summed E-state index contributed by atoms with van der Waals surface area (Å²) >= 11 is 0. The van der Waals surface area contributed by atoms with E-state index in [1.54, 1.807) is 0 Å². The lowest BCUT2D eigenvalue weighted by molar-refractivity contribution is -0.137. The van der Waals surface area contributed by atoms with Crippen LogP contribution in [0, 0.1) is 0 Å². The second kappa shape index (κ2) is 4.87. The van der Waals surface area contributed by atoms with Crippen LogP contribution in [-0.4, -0.2) is 27.4 Å². The van der Waals surface area contributed by atoms with Gasteiger partial charge in [-0.15, -0.1) is 0 Å². The first-order valence-corrected chi connectivity index (χ1v) is 6.10. The van der Waals surface area contributed by atoms with Crippen molar-refractivity contribution in [3.8, 4) is 0 Å². The average molecular weight is 237 g/mol. The lowest BCUT2D eigenvalue weighted by Gasteiger charge is -2.17. The molecule has 5 nitrogen and oxygen atoms in total. The van der Waals surface area contributed by atoms with E-state index in [9.17, 15) is 4.79 Å². The summed E-state index contributed by atoms with van der Waals surface area (Å²) in [6.07, 6.45) is 4.44. The van der Waals surface area contributed by atoms with Gasteiger partial charge in [0.15, 0.2) is 0 Å². The predicted molar refractivity (Wildman–Crippen MR) is 63.9 cm³/mol. The second-order valence-corrected chi connectivity index (χ2v) is 4.67. The molecule has 1 aliphatic rings. The molecule has 1 unspecified atom stereocenters. The molecule has 1 aromatic rings. The standard InChI is InChI=1S/C12H19N3O2/c1-15-12(8(7-13)6-11(16)17)9-4-2-3-5-10(9)14-15/h8H,2-7,13H2,1H3,(H,16,17). The van der Waals surface area contributed by atoms with Gasteiger partial charge in [-0.05, 0) is 31.2 Å². The van der Waals surface area contributed by atoms with Crippen molar-refractivity contribution < 1.29 is 9.90 Å². The first-order chi connectivity index (χ1) is 8.13. The van der Waals surface area contributed by atoms with E-state index in [-0.39, 0.29) is 12.3 Å². The Morgan fingerprint density at radius 3 is 2.88 bits per heavy atom. The van der Waals surface area contributed by atoms with E-state index in [1.807, 2.05) is 11.7 Å². The zero-order valence-electron chi connectivity index (χ0n) is 10.1. The second-order valence-electron chi connectivity index (χ2n) is 4.67. The van der Waals surface area contributed by atoms with Crippen LogP contribution in [0.25, 0.3) is 0 Å². The maximum absolute atomic E-state index is 10.9. The summed E-state index contributed by atoms with van der Waals surface area (Å²) in [7, 11) is 1.89. The highest BCUT2D eigenvalue weighted by Crippen LogP contribution is 2.29. The van der Waals surface area contributed by atoms with E-state index in [1.165, 1.54) is 12.0 Å². The van der Waals surface area contributed by atoms with Crippen LogP contribution in [0.4, 0.5) is 0 Å². The molecule has 1 heterocycles. The summed E-state index contributed by atoms with van der Waals surface area (Å²) in [5.74, 6) is -0.918.